The fourth-order valence-electron chi connectivity index (χ4n) is 2.21. The minimum Gasteiger partial charge on any atom is -0.387 e. The van der Waals surface area contributed by atoms with Crippen LogP contribution in [0.1, 0.15) is 30.6 Å². The van der Waals surface area contributed by atoms with Crippen molar-refractivity contribution in [2.45, 2.75) is 36.9 Å². The molecule has 1 aliphatic rings. The number of aryl methyl sites for hydroxylation is 1. The van der Waals surface area contributed by atoms with Crippen molar-refractivity contribution in [1.82, 2.24) is 0 Å². The first-order chi connectivity index (χ1) is 8.63. The van der Waals surface area contributed by atoms with Crippen LogP contribution in [0.2, 0.25) is 0 Å². The zero-order chi connectivity index (χ0) is 13.1. The molecular formula is C14H19FOS2. The van der Waals surface area contributed by atoms with Crippen LogP contribution in [0, 0.1) is 12.7 Å². The zero-order valence-corrected chi connectivity index (χ0v) is 12.4. The molecule has 1 aromatic carbocycles. The molecule has 1 fully saturated rings. The first-order valence-corrected chi connectivity index (χ1v) is 8.40. The Kier molecular flexibility index (Phi) is 4.98. The number of aliphatic hydroxyl groups is 1. The van der Waals surface area contributed by atoms with Crippen LogP contribution in [0.25, 0.3) is 0 Å². The van der Waals surface area contributed by atoms with Crippen LogP contribution in [0.3, 0.4) is 0 Å². The van der Waals surface area contributed by atoms with Gasteiger partial charge in [-0.25, -0.2) is 4.39 Å². The minimum atomic E-state index is -0.567. The number of benzene rings is 1. The molecule has 1 heterocycles. The van der Waals surface area contributed by atoms with Crippen molar-refractivity contribution in [2.75, 3.05) is 11.5 Å². The van der Waals surface area contributed by atoms with E-state index in [2.05, 4.69) is 6.92 Å². The number of hydrogen-bond acceptors (Lipinski definition) is 3. The molecule has 1 saturated heterocycles. The van der Waals surface area contributed by atoms with E-state index in [0.29, 0.717) is 16.4 Å². The van der Waals surface area contributed by atoms with Crippen LogP contribution >= 0.6 is 23.5 Å². The lowest BCUT2D eigenvalue weighted by atomic mass is 10.0. The van der Waals surface area contributed by atoms with Crippen LogP contribution in [0.5, 0.6) is 0 Å². The normalized spacial score (nSPS) is 26.0. The molecular weight excluding hydrogens is 267 g/mol. The van der Waals surface area contributed by atoms with Gasteiger partial charge in [-0.1, -0.05) is 19.1 Å². The molecule has 2 rings (SSSR count). The van der Waals surface area contributed by atoms with Crippen molar-refractivity contribution < 1.29 is 9.50 Å². The van der Waals surface area contributed by atoms with Crippen LogP contribution in [0.4, 0.5) is 4.39 Å². The predicted molar refractivity (Wildman–Crippen MR) is 78.9 cm³/mol. The monoisotopic (exact) mass is 286 g/mol. The summed E-state index contributed by atoms with van der Waals surface area (Å²) in [6.07, 6.45) is 0.483. The Labute approximate surface area is 117 Å². The number of rotatable bonds is 3. The maximum atomic E-state index is 13.6. The standard InChI is InChI=1S/C14H19FOS2/c1-3-12-14(18-7-6-17-12)13(16)10-5-4-9(2)11(15)8-10/h4-5,8,12-14,16H,3,6-7H2,1-2H3. The van der Waals surface area contributed by atoms with E-state index >= 15 is 0 Å². The van der Waals surface area contributed by atoms with Crippen LogP contribution in [-0.4, -0.2) is 27.1 Å². The van der Waals surface area contributed by atoms with Crippen molar-refractivity contribution in [1.29, 1.82) is 0 Å². The molecule has 3 atom stereocenters. The van der Waals surface area contributed by atoms with E-state index in [4.69, 9.17) is 0 Å². The third-order valence-electron chi connectivity index (χ3n) is 3.34. The van der Waals surface area contributed by atoms with Gasteiger partial charge in [0.1, 0.15) is 5.82 Å². The molecule has 0 saturated carbocycles. The Morgan fingerprint density at radius 3 is 2.78 bits per heavy atom. The van der Waals surface area contributed by atoms with Gasteiger partial charge in [-0.05, 0) is 30.5 Å². The van der Waals surface area contributed by atoms with Gasteiger partial charge >= 0.3 is 0 Å². The Morgan fingerprint density at radius 1 is 1.39 bits per heavy atom. The lowest BCUT2D eigenvalue weighted by molar-refractivity contribution is 0.172. The largest absolute Gasteiger partial charge is 0.387 e. The van der Waals surface area contributed by atoms with E-state index in [0.717, 1.165) is 17.9 Å². The van der Waals surface area contributed by atoms with Gasteiger partial charge in [0.15, 0.2) is 0 Å². The Bertz CT molecular complexity index is 411. The average molecular weight is 286 g/mol. The second-order valence-electron chi connectivity index (χ2n) is 4.61. The summed E-state index contributed by atoms with van der Waals surface area (Å²) in [5, 5.41) is 11.1. The molecule has 1 N–H and O–H groups in total. The van der Waals surface area contributed by atoms with Crippen LogP contribution in [-0.2, 0) is 0 Å². The summed E-state index contributed by atoms with van der Waals surface area (Å²) < 4.78 is 13.6. The molecule has 0 aromatic heterocycles. The molecule has 3 unspecified atom stereocenters. The average Bonchev–Trinajstić information content (AvgIpc) is 2.41. The van der Waals surface area contributed by atoms with E-state index < -0.39 is 6.10 Å². The van der Waals surface area contributed by atoms with Gasteiger partial charge in [-0.15, -0.1) is 0 Å². The third-order valence-corrected chi connectivity index (χ3v) is 6.68. The molecule has 0 aliphatic carbocycles. The first-order valence-electron chi connectivity index (χ1n) is 6.30. The zero-order valence-electron chi connectivity index (χ0n) is 10.7. The smallest absolute Gasteiger partial charge is 0.126 e. The molecule has 4 heteroatoms. The number of aliphatic hydroxyl groups excluding tert-OH is 1. The van der Waals surface area contributed by atoms with E-state index in [1.807, 2.05) is 29.6 Å². The fourth-order valence-corrected chi connectivity index (χ4v) is 5.35. The molecule has 1 nitrogen and oxygen atoms in total. The summed E-state index contributed by atoms with van der Waals surface area (Å²) in [6, 6.07) is 5.07. The molecule has 0 bridgehead atoms. The molecule has 100 valence electrons. The van der Waals surface area contributed by atoms with E-state index in [1.165, 1.54) is 6.07 Å². The maximum Gasteiger partial charge on any atom is 0.126 e. The highest BCUT2D eigenvalue weighted by Crippen LogP contribution is 2.40. The van der Waals surface area contributed by atoms with E-state index in [-0.39, 0.29) is 11.1 Å². The van der Waals surface area contributed by atoms with E-state index in [1.54, 1.807) is 13.0 Å². The Hall–Kier alpha value is -0.190. The van der Waals surface area contributed by atoms with Gasteiger partial charge in [0.25, 0.3) is 0 Å². The molecule has 0 spiro atoms. The summed E-state index contributed by atoms with van der Waals surface area (Å²) in [5.41, 5.74) is 1.33. The molecule has 0 amide bonds. The summed E-state index contributed by atoms with van der Waals surface area (Å²) in [5.74, 6) is 1.99. The summed E-state index contributed by atoms with van der Waals surface area (Å²) in [4.78, 5) is 0. The van der Waals surface area contributed by atoms with Crippen molar-refractivity contribution in [3.8, 4) is 0 Å². The highest BCUT2D eigenvalue weighted by molar-refractivity contribution is 8.07. The molecule has 18 heavy (non-hydrogen) atoms. The third kappa shape index (κ3) is 3.03. The number of hydrogen-bond donors (Lipinski definition) is 1. The fraction of sp³-hybridized carbons (Fsp3) is 0.571. The van der Waals surface area contributed by atoms with Crippen molar-refractivity contribution >= 4 is 23.5 Å². The second-order valence-corrected chi connectivity index (χ2v) is 7.24. The number of halogens is 1. The molecule has 1 aromatic rings. The lowest BCUT2D eigenvalue weighted by Gasteiger charge is -2.33. The van der Waals surface area contributed by atoms with Crippen LogP contribution < -0.4 is 0 Å². The van der Waals surface area contributed by atoms with Crippen molar-refractivity contribution in [2.24, 2.45) is 0 Å². The quantitative estimate of drug-likeness (QED) is 0.913. The summed E-state index contributed by atoms with van der Waals surface area (Å²) >= 11 is 3.74. The van der Waals surface area contributed by atoms with Crippen LogP contribution in [0.15, 0.2) is 18.2 Å². The van der Waals surface area contributed by atoms with Gasteiger partial charge in [0, 0.05) is 22.0 Å². The Balaban J connectivity index is 2.18. The van der Waals surface area contributed by atoms with E-state index in [9.17, 15) is 9.50 Å². The van der Waals surface area contributed by atoms with Crippen molar-refractivity contribution in [3.63, 3.8) is 0 Å². The second kappa shape index (κ2) is 6.31. The Morgan fingerprint density at radius 2 is 2.11 bits per heavy atom. The highest BCUT2D eigenvalue weighted by atomic mass is 32.2. The van der Waals surface area contributed by atoms with Gasteiger partial charge in [0.05, 0.1) is 6.10 Å². The minimum absolute atomic E-state index is 0.177. The van der Waals surface area contributed by atoms with Gasteiger partial charge in [-0.2, -0.15) is 23.5 Å². The molecule has 0 radical (unpaired) electrons. The topological polar surface area (TPSA) is 20.2 Å². The molecule has 1 aliphatic heterocycles. The highest BCUT2D eigenvalue weighted by Gasteiger charge is 2.32. The first kappa shape index (κ1) is 14.2. The van der Waals surface area contributed by atoms with Gasteiger partial charge < -0.3 is 5.11 Å². The lowest BCUT2D eigenvalue weighted by Crippen LogP contribution is -2.31. The summed E-state index contributed by atoms with van der Waals surface area (Å²) in [6.45, 7) is 3.89. The SMILES string of the molecule is CCC1SCCSC1C(O)c1ccc(C)c(F)c1. The van der Waals surface area contributed by atoms with Crippen molar-refractivity contribution in [3.05, 3.63) is 35.1 Å². The summed E-state index contributed by atoms with van der Waals surface area (Å²) in [7, 11) is 0. The number of thioether (sulfide) groups is 2. The van der Waals surface area contributed by atoms with Gasteiger partial charge in [0.2, 0.25) is 0 Å². The predicted octanol–water partition coefficient (Wildman–Crippen LogP) is 3.79. The van der Waals surface area contributed by atoms with Gasteiger partial charge in [-0.3, -0.25) is 0 Å². The maximum absolute atomic E-state index is 13.6.